The summed E-state index contributed by atoms with van der Waals surface area (Å²) in [6.45, 7) is 9.17. The molecule has 0 N–H and O–H groups in total. The van der Waals surface area contributed by atoms with E-state index in [-0.39, 0.29) is 11.9 Å². The van der Waals surface area contributed by atoms with Crippen LogP contribution in [0.1, 0.15) is 34.1 Å². The summed E-state index contributed by atoms with van der Waals surface area (Å²) in [6.07, 6.45) is 1.25. The van der Waals surface area contributed by atoms with Gasteiger partial charge in [-0.25, -0.2) is 0 Å². The average Bonchev–Trinajstić information content (AvgIpc) is 2.08. The van der Waals surface area contributed by atoms with Crippen molar-refractivity contribution in [3.8, 4) is 0 Å². The van der Waals surface area contributed by atoms with Crippen molar-refractivity contribution in [2.75, 3.05) is 6.61 Å². The normalized spacial score (nSPS) is 38.5. The van der Waals surface area contributed by atoms with Gasteiger partial charge < -0.3 is 9.47 Å². The maximum atomic E-state index is 5.64. The first-order valence-corrected chi connectivity index (χ1v) is 4.33. The van der Waals surface area contributed by atoms with E-state index >= 15 is 0 Å². The molecule has 1 aliphatic heterocycles. The molecule has 1 aliphatic rings. The quantitative estimate of drug-likeness (QED) is 0.613. The fourth-order valence-corrected chi connectivity index (χ4v) is 1.64. The summed E-state index contributed by atoms with van der Waals surface area (Å²) in [5, 5.41) is 0. The Morgan fingerprint density at radius 2 is 2.18 bits per heavy atom. The van der Waals surface area contributed by atoms with E-state index < -0.39 is 0 Å². The molecule has 0 aromatic carbocycles. The Kier molecular flexibility index (Phi) is 2.55. The van der Waals surface area contributed by atoms with Crippen molar-refractivity contribution in [1.82, 2.24) is 0 Å². The van der Waals surface area contributed by atoms with E-state index in [9.17, 15) is 0 Å². The van der Waals surface area contributed by atoms with Gasteiger partial charge in [-0.3, -0.25) is 0 Å². The van der Waals surface area contributed by atoms with Gasteiger partial charge in [0, 0.05) is 6.42 Å². The molecule has 0 aromatic heterocycles. The van der Waals surface area contributed by atoms with Crippen molar-refractivity contribution in [1.29, 1.82) is 0 Å². The molecule has 0 bridgehead atoms. The minimum Gasteiger partial charge on any atom is -0.348 e. The van der Waals surface area contributed by atoms with E-state index in [1.807, 2.05) is 13.8 Å². The summed E-state index contributed by atoms with van der Waals surface area (Å²) in [5.41, 5.74) is 0. The van der Waals surface area contributed by atoms with Crippen LogP contribution in [-0.4, -0.2) is 18.5 Å². The minimum atomic E-state index is -0.312. The second-order valence-electron chi connectivity index (χ2n) is 3.97. The topological polar surface area (TPSA) is 18.5 Å². The largest absolute Gasteiger partial charge is 0.348 e. The van der Waals surface area contributed by atoms with Gasteiger partial charge in [-0.1, -0.05) is 13.8 Å². The summed E-state index contributed by atoms with van der Waals surface area (Å²) in [7, 11) is 0. The van der Waals surface area contributed by atoms with Gasteiger partial charge in [0.1, 0.15) is 0 Å². The predicted molar refractivity (Wildman–Crippen MR) is 44.4 cm³/mol. The lowest BCUT2D eigenvalue weighted by Gasteiger charge is -2.24. The summed E-state index contributed by atoms with van der Waals surface area (Å²) < 4.78 is 11.2. The van der Waals surface area contributed by atoms with Crippen LogP contribution in [0.3, 0.4) is 0 Å². The van der Waals surface area contributed by atoms with Crippen LogP contribution in [0.2, 0.25) is 0 Å². The summed E-state index contributed by atoms with van der Waals surface area (Å²) in [5.74, 6) is 0.318. The maximum absolute atomic E-state index is 5.64. The Hall–Kier alpha value is -0.0800. The van der Waals surface area contributed by atoms with Crippen molar-refractivity contribution in [3.05, 3.63) is 0 Å². The monoisotopic (exact) mass is 158 g/mol. The highest BCUT2D eigenvalue weighted by Gasteiger charge is 2.35. The van der Waals surface area contributed by atoms with E-state index in [0.29, 0.717) is 5.92 Å². The second kappa shape index (κ2) is 3.11. The van der Waals surface area contributed by atoms with Crippen molar-refractivity contribution in [2.45, 2.75) is 46.0 Å². The van der Waals surface area contributed by atoms with Gasteiger partial charge in [0.2, 0.25) is 0 Å². The molecule has 0 saturated carbocycles. The van der Waals surface area contributed by atoms with Gasteiger partial charge in [0.05, 0.1) is 12.7 Å². The highest BCUT2D eigenvalue weighted by Crippen LogP contribution is 2.29. The van der Waals surface area contributed by atoms with Gasteiger partial charge >= 0.3 is 0 Å². The number of hydrogen-bond acceptors (Lipinski definition) is 2. The van der Waals surface area contributed by atoms with Crippen LogP contribution in [0, 0.1) is 5.92 Å². The zero-order valence-electron chi connectivity index (χ0n) is 7.89. The molecule has 2 nitrogen and oxygen atoms in total. The number of ether oxygens (including phenoxy) is 2. The molecule has 66 valence electrons. The van der Waals surface area contributed by atoms with Crippen molar-refractivity contribution in [2.24, 2.45) is 5.92 Å². The maximum Gasteiger partial charge on any atom is 0.166 e. The fourth-order valence-electron chi connectivity index (χ4n) is 1.64. The Labute approximate surface area is 68.9 Å². The van der Waals surface area contributed by atoms with Gasteiger partial charge in [-0.15, -0.1) is 0 Å². The van der Waals surface area contributed by atoms with Crippen LogP contribution in [0.15, 0.2) is 0 Å². The molecular weight excluding hydrogens is 140 g/mol. The summed E-state index contributed by atoms with van der Waals surface area (Å²) in [4.78, 5) is 0. The van der Waals surface area contributed by atoms with Crippen LogP contribution in [0.4, 0.5) is 0 Å². The lowest BCUT2D eigenvalue weighted by atomic mass is 10.0. The van der Waals surface area contributed by atoms with Gasteiger partial charge in [0.25, 0.3) is 0 Å². The van der Waals surface area contributed by atoms with Gasteiger partial charge in [0.15, 0.2) is 5.79 Å². The highest BCUT2D eigenvalue weighted by atomic mass is 16.7. The van der Waals surface area contributed by atoms with E-state index in [2.05, 4.69) is 13.8 Å². The van der Waals surface area contributed by atoms with E-state index in [1.165, 1.54) is 0 Å². The SMILES string of the molecule is CC(C)CC1(C)OCC(C)O1. The van der Waals surface area contributed by atoms with Crippen LogP contribution in [-0.2, 0) is 9.47 Å². The van der Waals surface area contributed by atoms with Crippen LogP contribution >= 0.6 is 0 Å². The minimum absolute atomic E-state index is 0.263. The van der Waals surface area contributed by atoms with Crippen LogP contribution in [0.5, 0.6) is 0 Å². The zero-order valence-corrected chi connectivity index (χ0v) is 7.89. The Morgan fingerprint density at radius 1 is 1.55 bits per heavy atom. The molecule has 1 saturated heterocycles. The first-order valence-electron chi connectivity index (χ1n) is 4.33. The second-order valence-corrected chi connectivity index (χ2v) is 3.97. The predicted octanol–water partition coefficient (Wildman–Crippen LogP) is 2.18. The molecule has 2 unspecified atom stereocenters. The Morgan fingerprint density at radius 3 is 2.55 bits per heavy atom. The highest BCUT2D eigenvalue weighted by molar-refractivity contribution is 4.73. The lowest BCUT2D eigenvalue weighted by Crippen LogP contribution is -2.28. The number of rotatable bonds is 2. The number of hydrogen-bond donors (Lipinski definition) is 0. The van der Waals surface area contributed by atoms with Crippen molar-refractivity contribution in [3.63, 3.8) is 0 Å². The molecule has 0 aliphatic carbocycles. The summed E-state index contributed by atoms with van der Waals surface area (Å²) in [6, 6.07) is 0. The molecule has 2 heteroatoms. The molecule has 2 atom stereocenters. The molecule has 0 amide bonds. The van der Waals surface area contributed by atoms with Crippen molar-refractivity contribution >= 4 is 0 Å². The molecule has 0 aromatic rings. The van der Waals surface area contributed by atoms with E-state index in [4.69, 9.17) is 9.47 Å². The van der Waals surface area contributed by atoms with Crippen LogP contribution < -0.4 is 0 Å². The standard InChI is InChI=1S/C9H18O2/c1-7(2)5-9(4)10-6-8(3)11-9/h7-8H,5-6H2,1-4H3. The molecule has 11 heavy (non-hydrogen) atoms. The molecule has 1 heterocycles. The van der Waals surface area contributed by atoms with Gasteiger partial charge in [-0.2, -0.15) is 0 Å². The molecule has 1 rings (SSSR count). The first kappa shape index (κ1) is 9.01. The Balaban J connectivity index is 2.42. The Bertz CT molecular complexity index is 134. The average molecular weight is 158 g/mol. The lowest BCUT2D eigenvalue weighted by molar-refractivity contribution is -0.162. The smallest absolute Gasteiger partial charge is 0.166 e. The fraction of sp³-hybridized carbons (Fsp3) is 1.00. The molecule has 0 radical (unpaired) electrons. The third-order valence-corrected chi connectivity index (χ3v) is 1.85. The van der Waals surface area contributed by atoms with E-state index in [1.54, 1.807) is 0 Å². The van der Waals surface area contributed by atoms with Gasteiger partial charge in [-0.05, 0) is 19.8 Å². The zero-order chi connectivity index (χ0) is 8.48. The molecule has 1 fully saturated rings. The first-order chi connectivity index (χ1) is 5.02. The van der Waals surface area contributed by atoms with Crippen LogP contribution in [0.25, 0.3) is 0 Å². The molecular formula is C9H18O2. The third kappa shape index (κ3) is 2.46. The third-order valence-electron chi connectivity index (χ3n) is 1.85. The van der Waals surface area contributed by atoms with E-state index in [0.717, 1.165) is 13.0 Å². The van der Waals surface area contributed by atoms with Crippen molar-refractivity contribution < 1.29 is 9.47 Å². The molecule has 0 spiro atoms. The summed E-state index contributed by atoms with van der Waals surface area (Å²) >= 11 is 0.